The zero-order valence-corrected chi connectivity index (χ0v) is 20.0. The van der Waals surface area contributed by atoms with Crippen LogP contribution in [0.2, 0.25) is 0 Å². The highest BCUT2D eigenvalue weighted by Gasteiger charge is 2.29. The molecule has 11 nitrogen and oxygen atoms in total. The maximum Gasteiger partial charge on any atom is 0.410 e. The Morgan fingerprint density at radius 2 is 1.19 bits per heavy atom. The molecule has 0 saturated carbocycles. The van der Waals surface area contributed by atoms with Crippen molar-refractivity contribution >= 4 is 27.9 Å². The van der Waals surface area contributed by atoms with Crippen molar-refractivity contribution in [1.29, 1.82) is 0 Å². The number of ether oxygens (including phenoxy) is 1. The molecule has 0 aromatic heterocycles. The Morgan fingerprint density at radius 3 is 1.58 bits per heavy atom. The first-order chi connectivity index (χ1) is 14.3. The van der Waals surface area contributed by atoms with Gasteiger partial charge in [-0.05, 0) is 27.8 Å². The van der Waals surface area contributed by atoms with Crippen LogP contribution in [-0.2, 0) is 24.3 Å². The highest BCUT2D eigenvalue weighted by atomic mass is 32.2. The highest BCUT2D eigenvalue weighted by Crippen LogP contribution is 2.12. The number of piperazine rings is 2. The number of carbonyl (C=O) groups excluding carboxylic acids is 3. The number of carbonyl (C=O) groups is 3. The molecule has 0 spiro atoms. The summed E-state index contributed by atoms with van der Waals surface area (Å²) in [6.07, 6.45) is 0.787. The summed E-state index contributed by atoms with van der Waals surface area (Å²) in [5.41, 5.74) is -0.559. The van der Waals surface area contributed by atoms with E-state index in [2.05, 4.69) is 0 Å². The molecule has 0 aromatic rings. The lowest BCUT2D eigenvalue weighted by Crippen LogP contribution is -2.54. The van der Waals surface area contributed by atoms with E-state index in [1.54, 1.807) is 26.6 Å². The molecule has 2 aliphatic heterocycles. The molecule has 0 unspecified atom stereocenters. The molecule has 178 valence electrons. The third kappa shape index (κ3) is 7.93. The molecular weight excluding hydrogens is 426 g/mol. The van der Waals surface area contributed by atoms with Gasteiger partial charge in [0.15, 0.2) is 0 Å². The number of amides is 3. The van der Waals surface area contributed by atoms with Gasteiger partial charge in [-0.15, -0.1) is 0 Å². The summed E-state index contributed by atoms with van der Waals surface area (Å²) in [6.45, 7) is 8.56. The summed E-state index contributed by atoms with van der Waals surface area (Å²) in [4.78, 5) is 43.8. The summed E-state index contributed by atoms with van der Waals surface area (Å²) in [5, 5.41) is 0. The third-order valence-corrected chi connectivity index (χ3v) is 6.46. The fourth-order valence-electron chi connectivity index (χ4n) is 3.45. The normalized spacial score (nSPS) is 19.0. The Balaban J connectivity index is 1.73. The zero-order chi connectivity index (χ0) is 23.4. The van der Waals surface area contributed by atoms with Gasteiger partial charge in [0.2, 0.25) is 21.8 Å². The van der Waals surface area contributed by atoms with E-state index in [0.717, 1.165) is 6.26 Å². The Hall–Kier alpha value is -1.92. The van der Waals surface area contributed by atoms with Crippen molar-refractivity contribution in [1.82, 2.24) is 23.9 Å². The number of sulfonamides is 1. The fraction of sp³-hybridized carbons (Fsp3) is 0.842. The molecule has 31 heavy (non-hydrogen) atoms. The minimum absolute atomic E-state index is 0.0858. The number of rotatable bonds is 5. The van der Waals surface area contributed by atoms with Gasteiger partial charge < -0.3 is 19.4 Å². The lowest BCUT2D eigenvalue weighted by molar-refractivity contribution is -0.136. The predicted molar refractivity (Wildman–Crippen MR) is 115 cm³/mol. The fourth-order valence-corrected chi connectivity index (χ4v) is 4.28. The predicted octanol–water partition coefficient (Wildman–Crippen LogP) is -0.899. The van der Waals surface area contributed by atoms with E-state index in [-0.39, 0.29) is 44.1 Å². The molecule has 3 amide bonds. The largest absolute Gasteiger partial charge is 0.444 e. The van der Waals surface area contributed by atoms with Crippen molar-refractivity contribution in [2.75, 3.05) is 78.8 Å². The molecule has 2 saturated heterocycles. The topological polar surface area (TPSA) is 111 Å². The summed E-state index contributed by atoms with van der Waals surface area (Å²) in [7, 11) is -1.53. The Kier molecular flexibility index (Phi) is 8.28. The summed E-state index contributed by atoms with van der Waals surface area (Å²) < 4.78 is 29.9. The van der Waals surface area contributed by atoms with E-state index in [4.69, 9.17) is 4.74 Å². The molecule has 12 heteroatoms. The van der Waals surface area contributed by atoms with Crippen LogP contribution >= 0.6 is 0 Å². The maximum atomic E-state index is 12.6. The molecule has 2 heterocycles. The second-order valence-electron chi connectivity index (χ2n) is 9.06. The highest BCUT2D eigenvalue weighted by molar-refractivity contribution is 7.88. The minimum Gasteiger partial charge on any atom is -0.444 e. The van der Waals surface area contributed by atoms with Crippen molar-refractivity contribution in [2.45, 2.75) is 26.4 Å². The second-order valence-corrected chi connectivity index (χ2v) is 11.0. The molecule has 2 aliphatic rings. The Morgan fingerprint density at radius 1 is 0.806 bits per heavy atom. The molecule has 0 aliphatic carbocycles. The quantitative estimate of drug-likeness (QED) is 0.522. The smallest absolute Gasteiger partial charge is 0.410 e. The van der Waals surface area contributed by atoms with Crippen LogP contribution in [0.3, 0.4) is 0 Å². The van der Waals surface area contributed by atoms with Gasteiger partial charge in [0.25, 0.3) is 0 Å². The average Bonchev–Trinajstić information content (AvgIpc) is 2.66. The summed E-state index contributed by atoms with van der Waals surface area (Å²) in [6, 6.07) is 0. The van der Waals surface area contributed by atoms with Gasteiger partial charge in [-0.25, -0.2) is 13.2 Å². The van der Waals surface area contributed by atoms with Crippen LogP contribution in [0.1, 0.15) is 20.8 Å². The van der Waals surface area contributed by atoms with E-state index in [0.29, 0.717) is 39.3 Å². The number of hydrogen-bond donors (Lipinski definition) is 0. The van der Waals surface area contributed by atoms with Crippen LogP contribution in [0.5, 0.6) is 0 Å². The van der Waals surface area contributed by atoms with Crippen molar-refractivity contribution in [3.05, 3.63) is 0 Å². The van der Waals surface area contributed by atoms with Crippen LogP contribution in [0, 0.1) is 0 Å². The van der Waals surface area contributed by atoms with E-state index in [9.17, 15) is 22.8 Å². The van der Waals surface area contributed by atoms with Crippen LogP contribution in [0.15, 0.2) is 0 Å². The SMILES string of the molecule is CN(CC(=O)N1CCN(C(=O)OC(C)(C)C)CC1)CC(=O)N1CCN(S(C)(=O)=O)CC1. The molecule has 0 radical (unpaired) electrons. The summed E-state index contributed by atoms with van der Waals surface area (Å²) >= 11 is 0. The van der Waals surface area contributed by atoms with E-state index in [1.165, 1.54) is 4.31 Å². The number of hydrogen-bond acceptors (Lipinski definition) is 7. The van der Waals surface area contributed by atoms with E-state index < -0.39 is 15.6 Å². The van der Waals surface area contributed by atoms with Gasteiger partial charge in [0.05, 0.1) is 19.3 Å². The zero-order valence-electron chi connectivity index (χ0n) is 19.2. The van der Waals surface area contributed by atoms with Gasteiger partial charge in [0.1, 0.15) is 5.60 Å². The molecular formula is C19H35N5O6S. The van der Waals surface area contributed by atoms with E-state index in [1.807, 2.05) is 20.8 Å². The molecule has 0 bridgehead atoms. The van der Waals surface area contributed by atoms with E-state index >= 15 is 0 Å². The van der Waals surface area contributed by atoms with Crippen molar-refractivity contribution in [3.8, 4) is 0 Å². The third-order valence-electron chi connectivity index (χ3n) is 5.15. The Labute approximate surface area is 184 Å². The van der Waals surface area contributed by atoms with Crippen molar-refractivity contribution in [2.24, 2.45) is 0 Å². The standard InChI is InChI=1S/C19H35N5O6S/c1-19(2,3)30-18(27)23-8-6-21(7-9-23)16(25)14-20(4)15-17(26)22-10-12-24(13-11-22)31(5,28)29/h6-15H2,1-5H3. The van der Waals surface area contributed by atoms with Gasteiger partial charge in [-0.2, -0.15) is 4.31 Å². The van der Waals surface area contributed by atoms with Gasteiger partial charge in [-0.3, -0.25) is 14.5 Å². The van der Waals surface area contributed by atoms with Crippen molar-refractivity contribution < 1.29 is 27.5 Å². The van der Waals surface area contributed by atoms with Crippen LogP contribution in [-0.4, -0.2) is 135 Å². The van der Waals surface area contributed by atoms with Crippen molar-refractivity contribution in [3.63, 3.8) is 0 Å². The molecule has 0 N–H and O–H groups in total. The molecule has 0 aromatic carbocycles. The van der Waals surface area contributed by atoms with Crippen LogP contribution in [0.4, 0.5) is 4.79 Å². The molecule has 2 rings (SSSR count). The van der Waals surface area contributed by atoms with Gasteiger partial charge in [0, 0.05) is 52.4 Å². The Bertz CT molecular complexity index is 765. The maximum absolute atomic E-state index is 12.6. The lowest BCUT2D eigenvalue weighted by Gasteiger charge is -2.36. The monoisotopic (exact) mass is 461 g/mol. The number of likely N-dealkylation sites (N-methyl/N-ethyl adjacent to an activating group) is 1. The second kappa shape index (κ2) is 10.1. The number of nitrogens with zero attached hydrogens (tertiary/aromatic N) is 5. The van der Waals surface area contributed by atoms with Crippen LogP contribution < -0.4 is 0 Å². The minimum atomic E-state index is -3.24. The average molecular weight is 462 g/mol. The van der Waals surface area contributed by atoms with Gasteiger partial charge >= 0.3 is 6.09 Å². The van der Waals surface area contributed by atoms with Gasteiger partial charge in [-0.1, -0.05) is 0 Å². The first kappa shape index (κ1) is 25.3. The molecule has 2 fully saturated rings. The molecule has 0 atom stereocenters. The summed E-state index contributed by atoms with van der Waals surface area (Å²) in [5.74, 6) is -0.223. The van der Waals surface area contributed by atoms with Crippen LogP contribution in [0.25, 0.3) is 0 Å². The lowest BCUT2D eigenvalue weighted by atomic mass is 10.2. The first-order valence-corrected chi connectivity index (χ1v) is 12.3. The first-order valence-electron chi connectivity index (χ1n) is 10.4.